The summed E-state index contributed by atoms with van der Waals surface area (Å²) in [6.07, 6.45) is 3.70. The SMILES string of the molecule is CCn1cc(/C=N\N2C(=O)[C@@H]3C4c5ccccc5C(c5ccccc54)[C@@H]3C2=O)c2ccccc21. The number of benzene rings is 3. The fourth-order valence-corrected chi connectivity index (χ4v) is 6.54. The molecule has 0 N–H and O–H groups in total. The molecule has 1 fully saturated rings. The number of amides is 2. The highest BCUT2D eigenvalue weighted by atomic mass is 16.2. The van der Waals surface area contributed by atoms with Crippen molar-refractivity contribution in [3.63, 3.8) is 0 Å². The normalized spacial score (nSPS) is 24.7. The number of hydrazone groups is 1. The molecule has 0 unspecified atom stereocenters. The van der Waals surface area contributed by atoms with Gasteiger partial charge in [0.15, 0.2) is 0 Å². The summed E-state index contributed by atoms with van der Waals surface area (Å²) in [6, 6.07) is 24.7. The van der Waals surface area contributed by atoms with Gasteiger partial charge in [0, 0.05) is 41.0 Å². The molecule has 0 radical (unpaired) electrons. The summed E-state index contributed by atoms with van der Waals surface area (Å²) in [6.45, 7) is 2.93. The van der Waals surface area contributed by atoms with E-state index in [2.05, 4.69) is 46.9 Å². The number of nitrogens with zero attached hydrogens (tertiary/aromatic N) is 3. The lowest BCUT2D eigenvalue weighted by Crippen LogP contribution is -2.41. The van der Waals surface area contributed by atoms with Crippen molar-refractivity contribution in [1.29, 1.82) is 0 Å². The molecule has 2 amide bonds. The zero-order valence-corrected chi connectivity index (χ0v) is 18.8. The van der Waals surface area contributed by atoms with Gasteiger partial charge in [-0.1, -0.05) is 66.7 Å². The highest BCUT2D eigenvalue weighted by molar-refractivity contribution is 6.08. The average Bonchev–Trinajstić information content (AvgIpc) is 3.37. The van der Waals surface area contributed by atoms with Crippen LogP contribution in [0, 0.1) is 11.8 Å². The Morgan fingerprint density at radius 3 is 1.79 bits per heavy atom. The van der Waals surface area contributed by atoms with Crippen molar-refractivity contribution in [2.24, 2.45) is 16.9 Å². The number of hydrogen-bond donors (Lipinski definition) is 0. The second-order valence-corrected chi connectivity index (χ2v) is 9.39. The van der Waals surface area contributed by atoms with E-state index in [0.29, 0.717) is 0 Å². The maximum atomic E-state index is 13.7. The standard InChI is InChI=1S/C29H23N3O2/c1-2-31-16-17(18-9-7-8-14-23(18)31)15-30-32-28(33)26-24-19-10-3-4-11-20(19)25(27(26)29(32)34)22-13-6-5-12-21(22)24/h3-16,24-27H,2H2,1H3/b30-15-/t24?,25?,26-,27+. The Kier molecular flexibility index (Phi) is 4.01. The number of rotatable bonds is 3. The Morgan fingerprint density at radius 2 is 1.26 bits per heavy atom. The highest BCUT2D eigenvalue weighted by Gasteiger charge is 2.61. The number of hydrogen-bond acceptors (Lipinski definition) is 3. The molecule has 0 saturated carbocycles. The summed E-state index contributed by atoms with van der Waals surface area (Å²) in [5, 5.41) is 6.70. The van der Waals surface area contributed by atoms with Crippen molar-refractivity contribution in [3.8, 4) is 0 Å². The minimum absolute atomic E-state index is 0.110. The quantitative estimate of drug-likeness (QED) is 0.333. The van der Waals surface area contributed by atoms with Gasteiger partial charge < -0.3 is 4.57 Å². The maximum Gasteiger partial charge on any atom is 0.254 e. The minimum atomic E-state index is -0.406. The molecule has 4 aromatic rings. The summed E-state index contributed by atoms with van der Waals surface area (Å²) < 4.78 is 2.15. The monoisotopic (exact) mass is 445 g/mol. The molecule has 1 aromatic heterocycles. The molecule has 1 aliphatic heterocycles. The van der Waals surface area contributed by atoms with Gasteiger partial charge in [-0.2, -0.15) is 10.1 Å². The van der Waals surface area contributed by atoms with E-state index in [4.69, 9.17) is 0 Å². The second-order valence-electron chi connectivity index (χ2n) is 9.39. The Hall–Kier alpha value is -3.99. The van der Waals surface area contributed by atoms with Gasteiger partial charge in [-0.25, -0.2) is 0 Å². The summed E-state index contributed by atoms with van der Waals surface area (Å²) in [7, 11) is 0. The van der Waals surface area contributed by atoms with Crippen LogP contribution in [0.1, 0.15) is 46.6 Å². The number of imide groups is 1. The fraction of sp³-hybridized carbons (Fsp3) is 0.207. The van der Waals surface area contributed by atoms with Crippen molar-refractivity contribution < 1.29 is 9.59 Å². The lowest BCUT2D eigenvalue weighted by Gasteiger charge is -2.45. The highest BCUT2D eigenvalue weighted by Crippen LogP contribution is 2.60. The van der Waals surface area contributed by atoms with E-state index in [-0.39, 0.29) is 23.7 Å². The molecule has 34 heavy (non-hydrogen) atoms. The lowest BCUT2D eigenvalue weighted by atomic mass is 9.55. The summed E-state index contributed by atoms with van der Waals surface area (Å²) in [4.78, 5) is 27.4. The number of para-hydroxylation sites is 1. The minimum Gasteiger partial charge on any atom is -0.347 e. The molecule has 5 heteroatoms. The van der Waals surface area contributed by atoms with Crippen LogP contribution in [-0.4, -0.2) is 27.6 Å². The molecule has 3 aliphatic carbocycles. The number of fused-ring (bicyclic) bond motifs is 1. The predicted molar refractivity (Wildman–Crippen MR) is 131 cm³/mol. The first-order chi connectivity index (χ1) is 16.7. The Labute approximate surface area is 197 Å². The molecule has 8 rings (SSSR count). The number of carbonyl (C=O) groups is 2. The van der Waals surface area contributed by atoms with Crippen LogP contribution in [0.4, 0.5) is 0 Å². The Bertz CT molecular complexity index is 1420. The van der Waals surface area contributed by atoms with Gasteiger partial charge >= 0.3 is 0 Å². The third-order valence-corrected chi connectivity index (χ3v) is 7.90. The van der Waals surface area contributed by atoms with Crippen LogP contribution >= 0.6 is 0 Å². The summed E-state index contributed by atoms with van der Waals surface area (Å²) in [5.74, 6) is -1.41. The fourth-order valence-electron chi connectivity index (χ4n) is 6.54. The topological polar surface area (TPSA) is 54.7 Å². The van der Waals surface area contributed by atoms with Gasteiger partial charge in [-0.05, 0) is 35.2 Å². The number of aryl methyl sites for hydroxylation is 1. The van der Waals surface area contributed by atoms with Crippen molar-refractivity contribution >= 4 is 28.9 Å². The zero-order valence-electron chi connectivity index (χ0n) is 18.8. The van der Waals surface area contributed by atoms with Gasteiger partial charge in [0.1, 0.15) is 0 Å². The van der Waals surface area contributed by atoms with Crippen LogP contribution in [-0.2, 0) is 16.1 Å². The van der Waals surface area contributed by atoms with E-state index in [1.54, 1.807) is 6.21 Å². The van der Waals surface area contributed by atoms with Crippen LogP contribution in [0.2, 0.25) is 0 Å². The molecule has 2 bridgehead atoms. The van der Waals surface area contributed by atoms with Crippen LogP contribution in [0.3, 0.4) is 0 Å². The molecule has 4 aliphatic rings. The third-order valence-electron chi connectivity index (χ3n) is 7.90. The molecule has 2 atom stereocenters. The largest absolute Gasteiger partial charge is 0.347 e. The smallest absolute Gasteiger partial charge is 0.254 e. The van der Waals surface area contributed by atoms with Crippen molar-refractivity contribution in [3.05, 3.63) is 107 Å². The number of carbonyl (C=O) groups excluding carboxylic acids is 2. The molecular weight excluding hydrogens is 422 g/mol. The van der Waals surface area contributed by atoms with Gasteiger partial charge in [0.25, 0.3) is 11.8 Å². The summed E-state index contributed by atoms with van der Waals surface area (Å²) in [5.41, 5.74) is 6.71. The van der Waals surface area contributed by atoms with E-state index in [9.17, 15) is 9.59 Å². The van der Waals surface area contributed by atoms with Crippen LogP contribution < -0.4 is 0 Å². The van der Waals surface area contributed by atoms with Crippen molar-refractivity contribution in [2.75, 3.05) is 0 Å². The molecular formula is C29H23N3O2. The Balaban J connectivity index is 1.32. The molecule has 3 aromatic carbocycles. The molecule has 5 nitrogen and oxygen atoms in total. The maximum absolute atomic E-state index is 13.7. The Morgan fingerprint density at radius 1 is 0.765 bits per heavy atom. The van der Waals surface area contributed by atoms with Crippen molar-refractivity contribution in [1.82, 2.24) is 9.58 Å². The molecule has 1 saturated heterocycles. The zero-order chi connectivity index (χ0) is 23.0. The van der Waals surface area contributed by atoms with E-state index in [0.717, 1.165) is 28.0 Å². The molecule has 166 valence electrons. The first-order valence-electron chi connectivity index (χ1n) is 11.9. The van der Waals surface area contributed by atoms with Crippen LogP contribution in [0.5, 0.6) is 0 Å². The summed E-state index contributed by atoms with van der Waals surface area (Å²) >= 11 is 0. The predicted octanol–water partition coefficient (Wildman–Crippen LogP) is 4.89. The average molecular weight is 446 g/mol. The first-order valence-corrected chi connectivity index (χ1v) is 11.9. The van der Waals surface area contributed by atoms with E-state index in [1.165, 1.54) is 22.3 Å². The van der Waals surface area contributed by atoms with Gasteiger partial charge in [0.2, 0.25) is 0 Å². The number of aromatic nitrogens is 1. The van der Waals surface area contributed by atoms with E-state index < -0.39 is 11.8 Å². The third kappa shape index (κ3) is 2.41. The van der Waals surface area contributed by atoms with Gasteiger partial charge in [-0.15, -0.1) is 0 Å². The van der Waals surface area contributed by atoms with Crippen LogP contribution in [0.15, 0.2) is 84.1 Å². The van der Waals surface area contributed by atoms with Crippen LogP contribution in [0.25, 0.3) is 10.9 Å². The molecule has 0 spiro atoms. The second kappa shape index (κ2) is 7.00. The van der Waals surface area contributed by atoms with Gasteiger partial charge in [-0.3, -0.25) is 9.59 Å². The molecule has 2 heterocycles. The lowest BCUT2D eigenvalue weighted by molar-refractivity contribution is -0.139. The van der Waals surface area contributed by atoms with E-state index in [1.807, 2.05) is 48.7 Å². The van der Waals surface area contributed by atoms with E-state index >= 15 is 0 Å². The first kappa shape index (κ1) is 19.5. The van der Waals surface area contributed by atoms with Gasteiger partial charge in [0.05, 0.1) is 18.1 Å². The van der Waals surface area contributed by atoms with Crippen molar-refractivity contribution in [2.45, 2.75) is 25.3 Å².